The zero-order chi connectivity index (χ0) is 16.3. The number of halogens is 1. The summed E-state index contributed by atoms with van der Waals surface area (Å²) in [5, 5.41) is 2.90. The van der Waals surface area contributed by atoms with E-state index in [0.29, 0.717) is 0 Å². The quantitative estimate of drug-likeness (QED) is 0.718. The van der Waals surface area contributed by atoms with Crippen molar-refractivity contribution in [3.05, 3.63) is 18.2 Å². The molecule has 1 aromatic carbocycles. The van der Waals surface area contributed by atoms with E-state index in [-0.39, 0.29) is 40.5 Å². The van der Waals surface area contributed by atoms with Gasteiger partial charge in [-0.15, -0.1) is 12.4 Å². The van der Waals surface area contributed by atoms with Gasteiger partial charge in [0.05, 0.1) is 12.0 Å². The van der Waals surface area contributed by atoms with Crippen molar-refractivity contribution in [1.82, 2.24) is 10.0 Å². The maximum atomic E-state index is 12.3. The summed E-state index contributed by atoms with van der Waals surface area (Å²) in [6.45, 7) is 1.98. The molecule has 10 heteroatoms. The molecular formula is C12H21ClN2O5S2. The highest BCUT2D eigenvalue weighted by Crippen LogP contribution is 2.26. The number of sulfone groups is 1. The minimum atomic E-state index is -3.87. The Morgan fingerprint density at radius 2 is 1.82 bits per heavy atom. The molecule has 1 unspecified atom stereocenters. The largest absolute Gasteiger partial charge is 0.495 e. The minimum absolute atomic E-state index is 0. The Morgan fingerprint density at radius 1 is 1.23 bits per heavy atom. The average molecular weight is 373 g/mol. The fraction of sp³-hybridized carbons (Fsp3) is 0.500. The highest BCUT2D eigenvalue weighted by atomic mass is 35.5. The normalized spacial score (nSPS) is 13.3. The number of ether oxygens (including phenoxy) is 1. The van der Waals surface area contributed by atoms with Gasteiger partial charge in [-0.25, -0.2) is 21.6 Å². The number of sulfonamides is 1. The highest BCUT2D eigenvalue weighted by Gasteiger charge is 2.22. The lowest BCUT2D eigenvalue weighted by Gasteiger charge is -2.14. The standard InChI is InChI=1S/C12H20N2O5S2.ClH/c1-9(13-2)8-14-21(17,18)12-7-10(20(4,15)16)5-6-11(12)19-3;/h5-7,9,13-14H,8H2,1-4H3;1H. The van der Waals surface area contributed by atoms with E-state index in [1.165, 1.54) is 19.2 Å². The van der Waals surface area contributed by atoms with Crippen LogP contribution in [0, 0.1) is 0 Å². The number of hydrogen-bond donors (Lipinski definition) is 2. The van der Waals surface area contributed by atoms with E-state index in [1.54, 1.807) is 7.05 Å². The summed E-state index contributed by atoms with van der Waals surface area (Å²) in [5.41, 5.74) is 0. The van der Waals surface area contributed by atoms with Crippen LogP contribution in [-0.2, 0) is 19.9 Å². The van der Waals surface area contributed by atoms with Crippen molar-refractivity contribution < 1.29 is 21.6 Å². The van der Waals surface area contributed by atoms with Crippen LogP contribution in [0.3, 0.4) is 0 Å². The number of hydrogen-bond acceptors (Lipinski definition) is 6. The zero-order valence-electron chi connectivity index (χ0n) is 12.8. The SMILES string of the molecule is CNC(C)CNS(=O)(=O)c1cc(S(C)(=O)=O)ccc1OC.Cl. The molecule has 2 N–H and O–H groups in total. The van der Waals surface area contributed by atoms with Crippen LogP contribution in [0.4, 0.5) is 0 Å². The molecule has 0 aromatic heterocycles. The molecule has 0 aliphatic rings. The van der Waals surface area contributed by atoms with Gasteiger partial charge in [0.15, 0.2) is 9.84 Å². The first-order valence-electron chi connectivity index (χ1n) is 6.17. The lowest BCUT2D eigenvalue weighted by Crippen LogP contribution is -2.37. The van der Waals surface area contributed by atoms with E-state index in [1.807, 2.05) is 6.92 Å². The van der Waals surface area contributed by atoms with Crippen LogP contribution < -0.4 is 14.8 Å². The van der Waals surface area contributed by atoms with Gasteiger partial charge in [-0.2, -0.15) is 0 Å². The second kappa shape index (κ2) is 8.11. The van der Waals surface area contributed by atoms with Crippen molar-refractivity contribution in [2.75, 3.05) is 27.0 Å². The lowest BCUT2D eigenvalue weighted by molar-refractivity contribution is 0.401. The molecule has 0 aliphatic heterocycles. The molecule has 0 amide bonds. The van der Waals surface area contributed by atoms with Crippen LogP contribution in [0.5, 0.6) is 5.75 Å². The molecule has 128 valence electrons. The Kier molecular flexibility index (Phi) is 7.79. The van der Waals surface area contributed by atoms with Gasteiger partial charge in [0.2, 0.25) is 10.0 Å². The highest BCUT2D eigenvalue weighted by molar-refractivity contribution is 7.91. The van der Waals surface area contributed by atoms with Crippen LogP contribution in [0.1, 0.15) is 6.92 Å². The van der Waals surface area contributed by atoms with Crippen LogP contribution >= 0.6 is 12.4 Å². The molecule has 1 atom stereocenters. The Balaban J connectivity index is 0.00000441. The van der Waals surface area contributed by atoms with Crippen LogP contribution in [-0.4, -0.2) is 49.8 Å². The molecular weight excluding hydrogens is 352 g/mol. The summed E-state index contributed by atoms with van der Waals surface area (Å²) in [7, 11) is -4.34. The molecule has 0 saturated carbocycles. The topological polar surface area (TPSA) is 102 Å². The summed E-state index contributed by atoms with van der Waals surface area (Å²) >= 11 is 0. The van der Waals surface area contributed by atoms with E-state index < -0.39 is 19.9 Å². The van der Waals surface area contributed by atoms with Crippen molar-refractivity contribution in [2.24, 2.45) is 0 Å². The van der Waals surface area contributed by atoms with E-state index in [4.69, 9.17) is 4.74 Å². The van der Waals surface area contributed by atoms with Gasteiger partial charge in [0, 0.05) is 18.8 Å². The summed E-state index contributed by atoms with van der Waals surface area (Å²) in [6, 6.07) is 3.67. The third-order valence-corrected chi connectivity index (χ3v) is 5.48. The van der Waals surface area contributed by atoms with Crippen molar-refractivity contribution in [3.8, 4) is 5.75 Å². The first kappa shape index (κ1) is 21.1. The van der Waals surface area contributed by atoms with Crippen molar-refractivity contribution in [2.45, 2.75) is 22.8 Å². The maximum Gasteiger partial charge on any atom is 0.244 e. The van der Waals surface area contributed by atoms with Gasteiger partial charge in [0.1, 0.15) is 10.6 Å². The molecule has 0 aliphatic carbocycles. The molecule has 0 spiro atoms. The number of benzene rings is 1. The van der Waals surface area contributed by atoms with Gasteiger partial charge < -0.3 is 10.1 Å². The van der Waals surface area contributed by atoms with Gasteiger partial charge in [0.25, 0.3) is 0 Å². The third kappa shape index (κ3) is 5.40. The molecule has 0 bridgehead atoms. The predicted molar refractivity (Wildman–Crippen MR) is 87.1 cm³/mol. The third-order valence-electron chi connectivity index (χ3n) is 2.93. The number of nitrogens with one attached hydrogen (secondary N) is 2. The van der Waals surface area contributed by atoms with E-state index in [2.05, 4.69) is 10.0 Å². The van der Waals surface area contributed by atoms with Gasteiger partial charge in [-0.05, 0) is 32.2 Å². The number of likely N-dealkylation sites (N-methyl/N-ethyl adjacent to an activating group) is 1. The molecule has 0 fully saturated rings. The molecule has 0 heterocycles. The van der Waals surface area contributed by atoms with E-state index >= 15 is 0 Å². The fourth-order valence-electron chi connectivity index (χ4n) is 1.51. The number of methoxy groups -OCH3 is 1. The van der Waals surface area contributed by atoms with Crippen LogP contribution in [0.2, 0.25) is 0 Å². The fourth-order valence-corrected chi connectivity index (χ4v) is 3.56. The van der Waals surface area contributed by atoms with E-state index in [9.17, 15) is 16.8 Å². The van der Waals surface area contributed by atoms with Crippen molar-refractivity contribution in [1.29, 1.82) is 0 Å². The van der Waals surface area contributed by atoms with Gasteiger partial charge in [-0.3, -0.25) is 0 Å². The summed E-state index contributed by atoms with van der Waals surface area (Å²) < 4.78 is 55.1. The molecule has 22 heavy (non-hydrogen) atoms. The van der Waals surface area contributed by atoms with Crippen molar-refractivity contribution >= 4 is 32.3 Å². The smallest absolute Gasteiger partial charge is 0.244 e. The first-order valence-corrected chi connectivity index (χ1v) is 9.54. The number of rotatable bonds is 7. The van der Waals surface area contributed by atoms with Gasteiger partial charge >= 0.3 is 0 Å². The second-order valence-corrected chi connectivity index (χ2v) is 8.38. The Labute approximate surface area is 137 Å². The zero-order valence-corrected chi connectivity index (χ0v) is 15.2. The molecule has 7 nitrogen and oxygen atoms in total. The molecule has 1 rings (SSSR count). The summed E-state index contributed by atoms with van der Waals surface area (Å²) in [6.07, 6.45) is 1.02. The predicted octanol–water partition coefficient (Wildman–Crippen LogP) is 0.407. The Morgan fingerprint density at radius 3 is 2.27 bits per heavy atom. The van der Waals surface area contributed by atoms with Crippen LogP contribution in [0.25, 0.3) is 0 Å². The summed E-state index contributed by atoms with van der Waals surface area (Å²) in [4.78, 5) is -0.276. The maximum absolute atomic E-state index is 12.3. The Hall–Kier alpha value is -0.870. The lowest BCUT2D eigenvalue weighted by atomic mass is 10.3. The van der Waals surface area contributed by atoms with Crippen LogP contribution in [0.15, 0.2) is 28.0 Å². The Bertz CT molecular complexity index is 704. The van der Waals surface area contributed by atoms with Gasteiger partial charge in [-0.1, -0.05) is 0 Å². The molecule has 0 radical (unpaired) electrons. The first-order chi connectivity index (χ1) is 9.61. The monoisotopic (exact) mass is 372 g/mol. The van der Waals surface area contributed by atoms with Crippen molar-refractivity contribution in [3.63, 3.8) is 0 Å². The average Bonchev–Trinajstić information content (AvgIpc) is 2.43. The second-order valence-electron chi connectivity index (χ2n) is 4.63. The molecule has 0 saturated heterocycles. The van der Waals surface area contributed by atoms with E-state index in [0.717, 1.165) is 12.3 Å². The molecule has 1 aromatic rings. The minimum Gasteiger partial charge on any atom is -0.495 e. The summed E-state index contributed by atoms with van der Waals surface area (Å²) in [5.74, 6) is 0.0898.